The zero-order valence-electron chi connectivity index (χ0n) is 18.0. The van der Waals surface area contributed by atoms with Gasteiger partial charge in [-0.1, -0.05) is 40.9 Å². The van der Waals surface area contributed by atoms with Crippen LogP contribution in [0.3, 0.4) is 0 Å². The highest BCUT2D eigenvalue weighted by Gasteiger charge is 2.37. The van der Waals surface area contributed by atoms with Gasteiger partial charge in [0.15, 0.2) is 23.3 Å². The third-order valence-corrected chi connectivity index (χ3v) is 6.09. The molecule has 4 rings (SSSR count). The minimum absolute atomic E-state index is 0.0423. The molecule has 0 unspecified atom stereocenters. The van der Waals surface area contributed by atoms with Gasteiger partial charge in [0.2, 0.25) is 5.82 Å². The van der Waals surface area contributed by atoms with E-state index in [1.807, 2.05) is 0 Å². The summed E-state index contributed by atoms with van der Waals surface area (Å²) >= 11 is 18.0. The number of halogens is 8. The van der Waals surface area contributed by atoms with Crippen molar-refractivity contribution in [2.24, 2.45) is 5.10 Å². The summed E-state index contributed by atoms with van der Waals surface area (Å²) in [5.41, 5.74) is -0.730. The van der Waals surface area contributed by atoms with Crippen LogP contribution < -0.4 is 9.75 Å². The molecule has 186 valence electrons. The minimum Gasteiger partial charge on any atom is -0.488 e. The molecule has 0 N–H and O–H groups in total. The maximum Gasteiger partial charge on any atom is 0.280 e. The number of ether oxygens (including phenoxy) is 1. The number of carbonyl (C=O) groups is 1. The van der Waals surface area contributed by atoms with Crippen molar-refractivity contribution in [2.45, 2.75) is 13.5 Å². The highest BCUT2D eigenvalue weighted by molar-refractivity contribution is 6.42. The molecule has 3 aromatic rings. The first-order valence-corrected chi connectivity index (χ1v) is 11.1. The summed E-state index contributed by atoms with van der Waals surface area (Å²) in [6, 6.07) is 9.42. The highest BCUT2D eigenvalue weighted by atomic mass is 35.5. The van der Waals surface area contributed by atoms with E-state index in [1.54, 1.807) is 18.2 Å². The molecule has 1 aliphatic rings. The van der Waals surface area contributed by atoms with Crippen LogP contribution in [-0.4, -0.2) is 11.6 Å². The van der Waals surface area contributed by atoms with E-state index < -0.39 is 40.7 Å². The Hall–Kier alpha value is -3.14. The Kier molecular flexibility index (Phi) is 7.26. The molecule has 36 heavy (non-hydrogen) atoms. The number of benzene rings is 3. The summed E-state index contributed by atoms with van der Waals surface area (Å²) in [7, 11) is 0. The van der Waals surface area contributed by atoms with Crippen LogP contribution in [0.15, 0.2) is 47.1 Å². The van der Waals surface area contributed by atoms with Crippen LogP contribution in [0.2, 0.25) is 15.1 Å². The molecule has 1 amide bonds. The average molecular weight is 562 g/mol. The fourth-order valence-electron chi connectivity index (χ4n) is 3.32. The number of nitrogens with zero attached hydrogens (tertiary/aromatic N) is 2. The summed E-state index contributed by atoms with van der Waals surface area (Å²) < 4.78 is 75.2. The van der Waals surface area contributed by atoms with E-state index in [0.29, 0.717) is 21.2 Å². The van der Waals surface area contributed by atoms with E-state index >= 15 is 0 Å². The van der Waals surface area contributed by atoms with Crippen molar-refractivity contribution >= 4 is 58.2 Å². The molecule has 0 fully saturated rings. The number of anilines is 1. The molecule has 0 radical (unpaired) electrons. The second-order valence-corrected chi connectivity index (χ2v) is 8.75. The van der Waals surface area contributed by atoms with Crippen LogP contribution in [0.1, 0.15) is 18.1 Å². The number of hydrogen-bond donors (Lipinski definition) is 0. The molecule has 0 saturated heterocycles. The van der Waals surface area contributed by atoms with Gasteiger partial charge in [0.25, 0.3) is 5.91 Å². The quantitative estimate of drug-likeness (QED) is 0.138. The number of rotatable bonds is 5. The maximum atomic E-state index is 14.3. The van der Waals surface area contributed by atoms with E-state index in [2.05, 4.69) is 5.10 Å². The predicted molar refractivity (Wildman–Crippen MR) is 127 cm³/mol. The van der Waals surface area contributed by atoms with Crippen LogP contribution in [0.4, 0.5) is 27.6 Å². The van der Waals surface area contributed by atoms with Gasteiger partial charge in [-0.05, 0) is 48.9 Å². The summed E-state index contributed by atoms with van der Waals surface area (Å²) in [5.74, 6) is -12.0. The fourth-order valence-corrected chi connectivity index (χ4v) is 3.83. The standard InChI is InChI=1S/C24H12Cl3F5N2O2/c1-10-14(24(35)34(33-10)23-21(31)19(29)18(28)20(30)22(23)32)8-12-7-13(25)3-5-17(12)36-9-11-2-4-15(26)16(27)6-11/h2-8H,9H2,1H3/b14-8-. The van der Waals surface area contributed by atoms with Gasteiger partial charge in [-0.15, -0.1) is 0 Å². The van der Waals surface area contributed by atoms with Crippen molar-refractivity contribution in [3.63, 3.8) is 0 Å². The molecule has 0 aliphatic carbocycles. The van der Waals surface area contributed by atoms with Crippen LogP contribution in [0.5, 0.6) is 5.75 Å². The molecular formula is C24H12Cl3F5N2O2. The van der Waals surface area contributed by atoms with Crippen molar-refractivity contribution in [1.29, 1.82) is 0 Å². The number of hydrazone groups is 1. The van der Waals surface area contributed by atoms with E-state index in [9.17, 15) is 26.7 Å². The van der Waals surface area contributed by atoms with E-state index in [1.165, 1.54) is 31.2 Å². The molecule has 1 aliphatic heterocycles. The monoisotopic (exact) mass is 560 g/mol. The molecule has 3 aromatic carbocycles. The van der Waals surface area contributed by atoms with Gasteiger partial charge >= 0.3 is 0 Å². The Morgan fingerprint density at radius 3 is 2.17 bits per heavy atom. The van der Waals surface area contributed by atoms with Crippen molar-refractivity contribution in [2.75, 3.05) is 5.01 Å². The third-order valence-electron chi connectivity index (χ3n) is 5.11. The Labute approximate surface area is 216 Å². The van der Waals surface area contributed by atoms with Crippen LogP contribution in [0, 0.1) is 29.1 Å². The van der Waals surface area contributed by atoms with Gasteiger partial charge in [0.1, 0.15) is 18.0 Å². The summed E-state index contributed by atoms with van der Waals surface area (Å²) in [6.07, 6.45) is 1.28. The molecular weight excluding hydrogens is 550 g/mol. The number of carbonyl (C=O) groups excluding carboxylic acids is 1. The van der Waals surface area contributed by atoms with Crippen LogP contribution >= 0.6 is 34.8 Å². The second-order valence-electron chi connectivity index (χ2n) is 7.50. The largest absolute Gasteiger partial charge is 0.488 e. The van der Waals surface area contributed by atoms with Gasteiger partial charge in [0, 0.05) is 10.6 Å². The first-order valence-electron chi connectivity index (χ1n) is 9.99. The Morgan fingerprint density at radius 1 is 0.889 bits per heavy atom. The van der Waals surface area contributed by atoms with Crippen LogP contribution in [-0.2, 0) is 11.4 Å². The Balaban J connectivity index is 1.69. The van der Waals surface area contributed by atoms with Crippen molar-refractivity contribution in [3.05, 3.63) is 97.3 Å². The van der Waals surface area contributed by atoms with Crippen LogP contribution in [0.25, 0.3) is 6.08 Å². The van der Waals surface area contributed by atoms with Gasteiger partial charge in [-0.3, -0.25) is 4.79 Å². The smallest absolute Gasteiger partial charge is 0.280 e. The molecule has 1 heterocycles. The normalized spacial score (nSPS) is 14.6. The molecule has 4 nitrogen and oxygen atoms in total. The third kappa shape index (κ3) is 4.78. The van der Waals surface area contributed by atoms with E-state index in [-0.39, 0.29) is 33.7 Å². The SMILES string of the molecule is CC1=NN(c2c(F)c(F)c(F)c(F)c2F)C(=O)/C1=C\c1cc(Cl)ccc1OCc1ccc(Cl)c(Cl)c1. The second kappa shape index (κ2) is 10.1. The highest BCUT2D eigenvalue weighted by Crippen LogP contribution is 2.35. The summed E-state index contributed by atoms with van der Waals surface area (Å²) in [6.45, 7) is 1.39. The first kappa shape index (κ1) is 25.9. The predicted octanol–water partition coefficient (Wildman–Crippen LogP) is 7.73. The van der Waals surface area contributed by atoms with E-state index in [0.717, 1.165) is 0 Å². The van der Waals surface area contributed by atoms with Crippen molar-refractivity contribution in [3.8, 4) is 5.75 Å². The molecule has 0 aromatic heterocycles. The molecule has 0 saturated carbocycles. The lowest BCUT2D eigenvalue weighted by Crippen LogP contribution is -2.25. The topological polar surface area (TPSA) is 41.9 Å². The Bertz CT molecular complexity index is 1450. The summed E-state index contributed by atoms with van der Waals surface area (Å²) in [4.78, 5) is 12.9. The first-order chi connectivity index (χ1) is 17.0. The number of amides is 1. The molecule has 0 atom stereocenters. The lowest BCUT2D eigenvalue weighted by atomic mass is 10.1. The Morgan fingerprint density at radius 2 is 1.53 bits per heavy atom. The summed E-state index contributed by atoms with van der Waals surface area (Å²) in [5, 5.41) is 4.80. The van der Waals surface area contributed by atoms with Gasteiger partial charge < -0.3 is 4.74 Å². The van der Waals surface area contributed by atoms with Gasteiger partial charge in [-0.2, -0.15) is 10.1 Å². The molecule has 0 spiro atoms. The van der Waals surface area contributed by atoms with Crippen molar-refractivity contribution in [1.82, 2.24) is 0 Å². The molecule has 12 heteroatoms. The molecule has 0 bridgehead atoms. The fraction of sp³-hybridized carbons (Fsp3) is 0.0833. The lowest BCUT2D eigenvalue weighted by Gasteiger charge is -2.15. The van der Waals surface area contributed by atoms with Gasteiger partial charge in [-0.25, -0.2) is 22.0 Å². The zero-order valence-corrected chi connectivity index (χ0v) is 20.3. The van der Waals surface area contributed by atoms with Gasteiger partial charge in [0.05, 0.1) is 21.3 Å². The van der Waals surface area contributed by atoms with E-state index in [4.69, 9.17) is 39.5 Å². The zero-order chi connectivity index (χ0) is 26.3. The van der Waals surface area contributed by atoms with Crippen molar-refractivity contribution < 1.29 is 31.5 Å². The number of hydrogen-bond acceptors (Lipinski definition) is 3. The lowest BCUT2D eigenvalue weighted by molar-refractivity contribution is -0.114. The maximum absolute atomic E-state index is 14.3. The minimum atomic E-state index is -2.35. The average Bonchev–Trinajstić information content (AvgIpc) is 3.11.